The summed E-state index contributed by atoms with van der Waals surface area (Å²) < 4.78 is 0. The molecule has 1 aliphatic carbocycles. The van der Waals surface area contributed by atoms with Crippen molar-refractivity contribution in [3.05, 3.63) is 0 Å². The summed E-state index contributed by atoms with van der Waals surface area (Å²) in [4.78, 5) is 5.04. The van der Waals surface area contributed by atoms with Crippen molar-refractivity contribution >= 4 is 0 Å². The molecule has 1 saturated carbocycles. The fourth-order valence-corrected chi connectivity index (χ4v) is 4.00. The van der Waals surface area contributed by atoms with Crippen LogP contribution < -0.4 is 5.73 Å². The van der Waals surface area contributed by atoms with Crippen LogP contribution in [0, 0.1) is 11.3 Å². The molecule has 0 amide bonds. The first-order valence-electron chi connectivity index (χ1n) is 8.02. The quantitative estimate of drug-likeness (QED) is 0.847. The van der Waals surface area contributed by atoms with Gasteiger partial charge < -0.3 is 15.5 Å². The van der Waals surface area contributed by atoms with Crippen LogP contribution in [0.3, 0.4) is 0 Å². The molecule has 2 aliphatic rings. The Kier molecular flexibility index (Phi) is 4.91. The Labute approximate surface area is 119 Å². The Hall–Kier alpha value is -0.120. The molecule has 1 heterocycles. The van der Waals surface area contributed by atoms with Crippen molar-refractivity contribution in [2.24, 2.45) is 17.1 Å². The average Bonchev–Trinajstić information content (AvgIpc) is 2.69. The molecule has 112 valence electrons. The van der Waals surface area contributed by atoms with Gasteiger partial charge in [-0.3, -0.25) is 0 Å². The monoisotopic (exact) mass is 267 g/mol. The molecule has 2 fully saturated rings. The highest BCUT2D eigenvalue weighted by Gasteiger charge is 2.34. The molecule has 3 nitrogen and oxygen atoms in total. The maximum Gasteiger partial charge on any atom is 0.0220 e. The second-order valence-electron chi connectivity index (χ2n) is 7.83. The van der Waals surface area contributed by atoms with Gasteiger partial charge in [0.15, 0.2) is 0 Å². The maximum atomic E-state index is 6.35. The van der Waals surface area contributed by atoms with Gasteiger partial charge in [-0.15, -0.1) is 0 Å². The SMILES string of the molecule is CN(CC1CC(C)(C)CCC1N)CC1CCCN1C. The summed E-state index contributed by atoms with van der Waals surface area (Å²) in [6, 6.07) is 1.18. The highest BCUT2D eigenvalue weighted by atomic mass is 15.2. The first-order chi connectivity index (χ1) is 8.87. The largest absolute Gasteiger partial charge is 0.327 e. The standard InChI is InChI=1S/C16H33N3/c1-16(2)8-7-15(17)13(10-16)11-18(3)12-14-6-5-9-19(14)4/h13-15H,5-12,17H2,1-4H3. The van der Waals surface area contributed by atoms with E-state index in [1.165, 1.54) is 51.7 Å². The zero-order valence-corrected chi connectivity index (χ0v) is 13.4. The molecule has 0 spiro atoms. The first kappa shape index (κ1) is 15.3. The van der Waals surface area contributed by atoms with Crippen LogP contribution in [0.2, 0.25) is 0 Å². The smallest absolute Gasteiger partial charge is 0.0220 e. The zero-order chi connectivity index (χ0) is 14.0. The van der Waals surface area contributed by atoms with E-state index in [1.807, 2.05) is 0 Å². The van der Waals surface area contributed by atoms with Gasteiger partial charge in [-0.1, -0.05) is 13.8 Å². The Morgan fingerprint density at radius 2 is 2.00 bits per heavy atom. The second kappa shape index (κ2) is 6.11. The lowest BCUT2D eigenvalue weighted by Crippen LogP contribution is -2.46. The summed E-state index contributed by atoms with van der Waals surface area (Å²) in [6.45, 7) is 8.46. The van der Waals surface area contributed by atoms with Crippen molar-refractivity contribution in [2.45, 2.75) is 58.0 Å². The molecule has 0 aromatic carbocycles. The maximum absolute atomic E-state index is 6.35. The summed E-state index contributed by atoms with van der Waals surface area (Å²) in [7, 11) is 4.54. The minimum atomic E-state index is 0.414. The van der Waals surface area contributed by atoms with E-state index < -0.39 is 0 Å². The van der Waals surface area contributed by atoms with E-state index in [1.54, 1.807) is 0 Å². The zero-order valence-electron chi connectivity index (χ0n) is 13.4. The van der Waals surface area contributed by atoms with E-state index in [2.05, 4.69) is 37.7 Å². The van der Waals surface area contributed by atoms with Crippen LogP contribution >= 0.6 is 0 Å². The Morgan fingerprint density at radius 1 is 1.26 bits per heavy atom. The third-order valence-electron chi connectivity index (χ3n) is 5.31. The minimum Gasteiger partial charge on any atom is -0.327 e. The molecule has 1 saturated heterocycles. The lowest BCUT2D eigenvalue weighted by atomic mass is 9.70. The summed E-state index contributed by atoms with van der Waals surface area (Å²) in [5.41, 5.74) is 6.84. The molecular weight excluding hydrogens is 234 g/mol. The molecule has 1 aliphatic heterocycles. The molecule has 0 bridgehead atoms. The second-order valence-corrected chi connectivity index (χ2v) is 7.83. The van der Waals surface area contributed by atoms with Gasteiger partial charge >= 0.3 is 0 Å². The number of rotatable bonds is 4. The van der Waals surface area contributed by atoms with Crippen molar-refractivity contribution < 1.29 is 0 Å². The van der Waals surface area contributed by atoms with Gasteiger partial charge in [-0.05, 0) is 64.1 Å². The van der Waals surface area contributed by atoms with Crippen LogP contribution in [0.15, 0.2) is 0 Å². The lowest BCUT2D eigenvalue weighted by molar-refractivity contribution is 0.114. The minimum absolute atomic E-state index is 0.414. The molecule has 2 rings (SSSR count). The molecular formula is C16H33N3. The number of nitrogens with two attached hydrogens (primary N) is 1. The van der Waals surface area contributed by atoms with Crippen molar-refractivity contribution in [3.63, 3.8) is 0 Å². The Balaban J connectivity index is 1.82. The van der Waals surface area contributed by atoms with Crippen LogP contribution in [0.5, 0.6) is 0 Å². The number of likely N-dealkylation sites (N-methyl/N-ethyl adjacent to an activating group) is 2. The van der Waals surface area contributed by atoms with E-state index >= 15 is 0 Å². The third kappa shape index (κ3) is 4.17. The summed E-state index contributed by atoms with van der Waals surface area (Å²) in [6.07, 6.45) is 6.52. The fourth-order valence-electron chi connectivity index (χ4n) is 4.00. The van der Waals surface area contributed by atoms with Gasteiger partial charge in [0.05, 0.1) is 0 Å². The summed E-state index contributed by atoms with van der Waals surface area (Å²) in [5, 5.41) is 0. The number of hydrogen-bond acceptors (Lipinski definition) is 3. The molecule has 19 heavy (non-hydrogen) atoms. The third-order valence-corrected chi connectivity index (χ3v) is 5.31. The molecule has 3 heteroatoms. The molecule has 0 aromatic rings. The predicted molar refractivity (Wildman–Crippen MR) is 82.2 cm³/mol. The van der Waals surface area contributed by atoms with E-state index in [-0.39, 0.29) is 0 Å². The number of hydrogen-bond donors (Lipinski definition) is 1. The topological polar surface area (TPSA) is 32.5 Å². The highest BCUT2D eigenvalue weighted by molar-refractivity contribution is 4.89. The van der Waals surface area contributed by atoms with Crippen LogP contribution in [-0.2, 0) is 0 Å². The van der Waals surface area contributed by atoms with Crippen LogP contribution in [-0.4, -0.2) is 55.6 Å². The van der Waals surface area contributed by atoms with Crippen molar-refractivity contribution in [2.75, 3.05) is 33.7 Å². The fraction of sp³-hybridized carbons (Fsp3) is 1.00. The van der Waals surface area contributed by atoms with Gasteiger partial charge in [0.1, 0.15) is 0 Å². The molecule has 3 unspecified atom stereocenters. The first-order valence-corrected chi connectivity index (χ1v) is 8.02. The molecule has 0 radical (unpaired) electrons. The summed E-state index contributed by atoms with van der Waals surface area (Å²) >= 11 is 0. The summed E-state index contributed by atoms with van der Waals surface area (Å²) in [5.74, 6) is 0.681. The predicted octanol–water partition coefficient (Wildman–Crippen LogP) is 2.17. The van der Waals surface area contributed by atoms with E-state index in [0.717, 1.165) is 6.04 Å². The normalized spacial score (nSPS) is 36.0. The average molecular weight is 267 g/mol. The van der Waals surface area contributed by atoms with Crippen molar-refractivity contribution in [3.8, 4) is 0 Å². The van der Waals surface area contributed by atoms with E-state index in [4.69, 9.17) is 5.73 Å². The number of nitrogens with zero attached hydrogens (tertiary/aromatic N) is 2. The molecule has 3 atom stereocenters. The van der Waals surface area contributed by atoms with Gasteiger partial charge in [0.2, 0.25) is 0 Å². The van der Waals surface area contributed by atoms with Gasteiger partial charge in [0, 0.05) is 25.2 Å². The lowest BCUT2D eigenvalue weighted by Gasteiger charge is -2.41. The Morgan fingerprint density at radius 3 is 2.63 bits per heavy atom. The van der Waals surface area contributed by atoms with Gasteiger partial charge in [-0.25, -0.2) is 0 Å². The number of likely N-dealkylation sites (tertiary alicyclic amines) is 1. The van der Waals surface area contributed by atoms with Gasteiger partial charge in [-0.2, -0.15) is 0 Å². The van der Waals surface area contributed by atoms with Crippen LogP contribution in [0.4, 0.5) is 0 Å². The Bertz CT molecular complexity index is 290. The van der Waals surface area contributed by atoms with E-state index in [0.29, 0.717) is 17.4 Å². The van der Waals surface area contributed by atoms with Crippen molar-refractivity contribution in [1.82, 2.24) is 9.80 Å². The molecule has 0 aromatic heterocycles. The van der Waals surface area contributed by atoms with E-state index in [9.17, 15) is 0 Å². The molecule has 2 N–H and O–H groups in total. The van der Waals surface area contributed by atoms with Crippen LogP contribution in [0.1, 0.15) is 46.0 Å². The van der Waals surface area contributed by atoms with Crippen molar-refractivity contribution in [1.29, 1.82) is 0 Å². The highest BCUT2D eigenvalue weighted by Crippen LogP contribution is 2.38. The van der Waals surface area contributed by atoms with Gasteiger partial charge in [0.25, 0.3) is 0 Å². The van der Waals surface area contributed by atoms with Crippen LogP contribution in [0.25, 0.3) is 0 Å².